The van der Waals surface area contributed by atoms with Gasteiger partial charge in [0.15, 0.2) is 12.6 Å². The maximum atomic E-state index is 13.3. The molecule has 12 unspecified atom stereocenters. The lowest BCUT2D eigenvalue weighted by Gasteiger charge is -2.46. The minimum absolute atomic E-state index is 0.247. The van der Waals surface area contributed by atoms with E-state index in [-0.39, 0.29) is 18.9 Å². The molecule has 462 valence electrons. The van der Waals surface area contributed by atoms with Crippen molar-refractivity contribution >= 4 is 5.91 Å². The molecule has 79 heavy (non-hydrogen) atoms. The van der Waals surface area contributed by atoms with Gasteiger partial charge in [-0.1, -0.05) is 242 Å². The van der Waals surface area contributed by atoms with Gasteiger partial charge in [0.25, 0.3) is 0 Å². The summed E-state index contributed by atoms with van der Waals surface area (Å²) < 4.78 is 22.7. The molecule has 2 saturated heterocycles. The number of aliphatic hydroxyl groups is 8. The zero-order valence-electron chi connectivity index (χ0n) is 49.9. The number of allylic oxidation sites excluding steroid dienone is 7. The van der Waals surface area contributed by atoms with E-state index in [1.165, 1.54) is 193 Å². The molecular weight excluding hydrogens is 1000 g/mol. The Morgan fingerprint density at radius 3 is 1.32 bits per heavy atom. The van der Waals surface area contributed by atoms with Gasteiger partial charge in [-0.05, 0) is 64.2 Å². The molecule has 12 atom stereocenters. The van der Waals surface area contributed by atoms with Crippen molar-refractivity contribution in [2.24, 2.45) is 0 Å². The van der Waals surface area contributed by atoms with Crippen molar-refractivity contribution in [3.05, 3.63) is 48.6 Å². The van der Waals surface area contributed by atoms with Crippen LogP contribution < -0.4 is 5.32 Å². The predicted octanol–water partition coefficient (Wildman–Crippen LogP) is 12.0. The van der Waals surface area contributed by atoms with Gasteiger partial charge in [0, 0.05) is 6.42 Å². The quantitative estimate of drug-likeness (QED) is 0.0204. The molecule has 0 spiro atoms. The van der Waals surface area contributed by atoms with Crippen LogP contribution in [0.2, 0.25) is 0 Å². The largest absolute Gasteiger partial charge is 0.394 e. The van der Waals surface area contributed by atoms with Crippen molar-refractivity contribution in [2.45, 2.75) is 338 Å². The average Bonchev–Trinajstić information content (AvgIpc) is 3.49. The monoisotopic (exact) mass is 1120 g/mol. The third-order valence-corrected chi connectivity index (χ3v) is 15.7. The molecule has 14 nitrogen and oxygen atoms in total. The highest BCUT2D eigenvalue weighted by Crippen LogP contribution is 2.30. The fourth-order valence-electron chi connectivity index (χ4n) is 10.5. The smallest absolute Gasteiger partial charge is 0.220 e. The molecule has 2 heterocycles. The highest BCUT2D eigenvalue weighted by Gasteiger charge is 2.51. The second kappa shape index (κ2) is 50.5. The first-order valence-electron chi connectivity index (χ1n) is 32.4. The second-order valence-corrected chi connectivity index (χ2v) is 22.9. The number of ether oxygens (including phenoxy) is 4. The Kier molecular flexibility index (Phi) is 46.7. The van der Waals surface area contributed by atoms with E-state index < -0.39 is 86.8 Å². The second-order valence-electron chi connectivity index (χ2n) is 22.9. The Morgan fingerprint density at radius 2 is 0.848 bits per heavy atom. The number of hydrogen-bond donors (Lipinski definition) is 9. The van der Waals surface area contributed by atoms with Crippen LogP contribution in [-0.4, -0.2) is 140 Å². The minimum Gasteiger partial charge on any atom is -0.394 e. The van der Waals surface area contributed by atoms with Gasteiger partial charge in [0.2, 0.25) is 5.91 Å². The molecule has 2 aliphatic heterocycles. The van der Waals surface area contributed by atoms with Gasteiger partial charge in [0.05, 0.1) is 32.0 Å². The number of rotatable bonds is 52. The minimum atomic E-state index is -1.79. The molecular formula is C65H119NO13. The molecule has 2 aliphatic rings. The Labute approximate surface area is 480 Å². The Balaban J connectivity index is 1.62. The van der Waals surface area contributed by atoms with Crippen molar-refractivity contribution in [1.82, 2.24) is 5.32 Å². The van der Waals surface area contributed by atoms with Gasteiger partial charge in [0.1, 0.15) is 48.8 Å². The van der Waals surface area contributed by atoms with Gasteiger partial charge in [-0.15, -0.1) is 0 Å². The van der Waals surface area contributed by atoms with E-state index in [1.807, 2.05) is 6.08 Å². The van der Waals surface area contributed by atoms with Crippen molar-refractivity contribution in [2.75, 3.05) is 19.8 Å². The molecule has 9 N–H and O–H groups in total. The molecule has 0 aliphatic carbocycles. The zero-order valence-corrected chi connectivity index (χ0v) is 49.9. The highest BCUT2D eigenvalue weighted by molar-refractivity contribution is 5.76. The molecule has 0 bridgehead atoms. The maximum Gasteiger partial charge on any atom is 0.220 e. The average molecular weight is 1120 g/mol. The van der Waals surface area contributed by atoms with Crippen LogP contribution >= 0.6 is 0 Å². The van der Waals surface area contributed by atoms with E-state index in [9.17, 15) is 45.6 Å². The maximum absolute atomic E-state index is 13.3. The first-order chi connectivity index (χ1) is 38.6. The van der Waals surface area contributed by atoms with E-state index in [1.54, 1.807) is 6.08 Å². The number of carbonyl (C=O) groups is 1. The molecule has 0 radical (unpaired) electrons. The van der Waals surface area contributed by atoms with Crippen molar-refractivity contribution in [3.63, 3.8) is 0 Å². The standard InChI is InChI=1S/C65H119NO13/c1-3-5-7-9-11-13-15-17-18-19-20-21-22-23-24-25-26-27-28-29-30-31-32-33-34-35-36-37-39-41-43-45-47-49-57(70)66-53(54(69)48-46-44-42-40-38-16-14-12-10-8-6-4-2)52-76-64-62(75)60(73)63(56(51-68)78-64)79-65-61(74)59(72)58(71)55(50-67)77-65/h15,17,19-20,38,40,46,48,53-56,58-65,67-69,71-75H,3-14,16,18,21-37,39,41-45,47,49-52H2,1-2H3,(H,66,70)/b17-15-,20-19-,40-38+,48-46+. The number of nitrogens with one attached hydrogen (secondary N) is 1. The first-order valence-corrected chi connectivity index (χ1v) is 32.4. The van der Waals surface area contributed by atoms with E-state index in [4.69, 9.17) is 18.9 Å². The molecule has 2 rings (SSSR count). The molecule has 2 fully saturated rings. The third-order valence-electron chi connectivity index (χ3n) is 15.7. The van der Waals surface area contributed by atoms with Crippen LogP contribution in [0.1, 0.15) is 264 Å². The Bertz CT molecular complexity index is 1510. The summed E-state index contributed by atoms with van der Waals surface area (Å²) in [5, 5.41) is 87.0. The SMILES string of the molecule is CCCCCCC/C=C\C/C=C\CCCCCCCCCCCCCCCCCCCCCCCC(=O)NC(COC1OC(CO)C(OC2OC(CO)C(O)C(O)C2O)C(O)C1O)C(O)/C=C/CC/C=C/CCCCCCCC. The molecule has 0 aromatic carbocycles. The van der Waals surface area contributed by atoms with Gasteiger partial charge in [-0.3, -0.25) is 4.79 Å². The van der Waals surface area contributed by atoms with Crippen LogP contribution in [0, 0.1) is 0 Å². The van der Waals surface area contributed by atoms with E-state index in [0.717, 1.165) is 38.5 Å². The number of aliphatic hydroxyl groups excluding tert-OH is 8. The number of amides is 1. The van der Waals surface area contributed by atoms with Crippen LogP contribution in [0.5, 0.6) is 0 Å². The zero-order chi connectivity index (χ0) is 57.4. The number of unbranched alkanes of at least 4 members (excludes halogenated alkanes) is 33. The predicted molar refractivity (Wildman–Crippen MR) is 318 cm³/mol. The fourth-order valence-corrected chi connectivity index (χ4v) is 10.5. The molecule has 0 aromatic heterocycles. The van der Waals surface area contributed by atoms with Crippen LogP contribution in [0.25, 0.3) is 0 Å². The van der Waals surface area contributed by atoms with Crippen LogP contribution in [0.15, 0.2) is 48.6 Å². The summed E-state index contributed by atoms with van der Waals surface area (Å²) in [6, 6.07) is -0.929. The van der Waals surface area contributed by atoms with Gasteiger partial charge in [-0.25, -0.2) is 0 Å². The lowest BCUT2D eigenvalue weighted by molar-refractivity contribution is -0.359. The first kappa shape index (κ1) is 73.1. The summed E-state index contributed by atoms with van der Waals surface area (Å²) in [4.78, 5) is 13.3. The van der Waals surface area contributed by atoms with Crippen molar-refractivity contribution in [3.8, 4) is 0 Å². The molecule has 0 saturated carbocycles. The lowest BCUT2D eigenvalue weighted by atomic mass is 9.97. The summed E-state index contributed by atoms with van der Waals surface area (Å²) >= 11 is 0. The topological polar surface area (TPSA) is 228 Å². The molecule has 1 amide bonds. The van der Waals surface area contributed by atoms with Crippen LogP contribution in [0.4, 0.5) is 0 Å². The van der Waals surface area contributed by atoms with Crippen LogP contribution in [0.3, 0.4) is 0 Å². The summed E-state index contributed by atoms with van der Waals surface area (Å²) in [5.41, 5.74) is 0. The van der Waals surface area contributed by atoms with Crippen LogP contribution in [-0.2, 0) is 23.7 Å². The Hall–Kier alpha value is -2.05. The third kappa shape index (κ3) is 35.6. The normalized spacial score (nSPS) is 24.7. The molecule has 0 aromatic rings. The van der Waals surface area contributed by atoms with E-state index >= 15 is 0 Å². The summed E-state index contributed by atoms with van der Waals surface area (Å²) in [6.45, 7) is 2.76. The van der Waals surface area contributed by atoms with Gasteiger partial charge < -0.3 is 65.1 Å². The number of carbonyl (C=O) groups excluding carboxylic acids is 1. The van der Waals surface area contributed by atoms with Gasteiger partial charge in [-0.2, -0.15) is 0 Å². The molecule has 14 heteroatoms. The van der Waals surface area contributed by atoms with Gasteiger partial charge >= 0.3 is 0 Å². The lowest BCUT2D eigenvalue weighted by Crippen LogP contribution is -2.65. The summed E-state index contributed by atoms with van der Waals surface area (Å²) in [6.07, 6.45) is 47.6. The fraction of sp³-hybridized carbons (Fsp3) is 0.862. The van der Waals surface area contributed by atoms with E-state index in [0.29, 0.717) is 12.8 Å². The van der Waals surface area contributed by atoms with Crippen molar-refractivity contribution in [1.29, 1.82) is 0 Å². The van der Waals surface area contributed by atoms with E-state index in [2.05, 4.69) is 55.6 Å². The summed E-state index contributed by atoms with van der Waals surface area (Å²) in [5.74, 6) is -0.247. The Morgan fingerprint density at radius 1 is 0.456 bits per heavy atom. The van der Waals surface area contributed by atoms with Crippen molar-refractivity contribution < 1.29 is 64.6 Å². The highest BCUT2D eigenvalue weighted by atomic mass is 16.7. The number of hydrogen-bond acceptors (Lipinski definition) is 13. The summed E-state index contributed by atoms with van der Waals surface area (Å²) in [7, 11) is 0.